The van der Waals surface area contributed by atoms with E-state index in [-0.39, 0.29) is 0 Å². The molecule has 1 nitrogen and oxygen atoms in total. The van der Waals surface area contributed by atoms with Crippen LogP contribution in [0.1, 0.15) is 53.4 Å². The van der Waals surface area contributed by atoms with Crippen LogP contribution in [0.3, 0.4) is 0 Å². The lowest BCUT2D eigenvalue weighted by Gasteiger charge is -2.15. The Morgan fingerprint density at radius 1 is 1.23 bits per heavy atom. The van der Waals surface area contributed by atoms with Crippen LogP contribution >= 0.6 is 0 Å². The standard InChI is InChI=1S/C12H21N/c1-9(2)11(4)13-12-8-6-5-7-10(12)3/h9H,5-8H2,1-4H3/b13-11+. The molecule has 1 aliphatic rings. The number of aliphatic imine (C=N–C) groups is 1. The van der Waals surface area contributed by atoms with Crippen molar-refractivity contribution in [3.63, 3.8) is 0 Å². The first kappa shape index (κ1) is 10.5. The zero-order valence-corrected chi connectivity index (χ0v) is 9.35. The molecule has 0 saturated heterocycles. The van der Waals surface area contributed by atoms with Crippen molar-refractivity contribution < 1.29 is 0 Å². The molecule has 0 N–H and O–H groups in total. The molecule has 0 aromatic rings. The Kier molecular flexibility index (Phi) is 3.71. The van der Waals surface area contributed by atoms with Gasteiger partial charge in [-0.3, -0.25) is 4.99 Å². The van der Waals surface area contributed by atoms with Crippen LogP contribution in [-0.2, 0) is 0 Å². The summed E-state index contributed by atoms with van der Waals surface area (Å²) in [6, 6.07) is 0. The summed E-state index contributed by atoms with van der Waals surface area (Å²) in [7, 11) is 0. The van der Waals surface area contributed by atoms with E-state index < -0.39 is 0 Å². The summed E-state index contributed by atoms with van der Waals surface area (Å²) < 4.78 is 0. The van der Waals surface area contributed by atoms with E-state index in [9.17, 15) is 0 Å². The third-order valence-corrected chi connectivity index (χ3v) is 2.85. The van der Waals surface area contributed by atoms with E-state index in [0.717, 1.165) is 0 Å². The van der Waals surface area contributed by atoms with Crippen molar-refractivity contribution in [2.75, 3.05) is 0 Å². The largest absolute Gasteiger partial charge is 0.262 e. The van der Waals surface area contributed by atoms with E-state index in [1.165, 1.54) is 42.7 Å². The number of hydrogen-bond donors (Lipinski definition) is 0. The molecule has 74 valence electrons. The van der Waals surface area contributed by atoms with Crippen molar-refractivity contribution >= 4 is 5.71 Å². The summed E-state index contributed by atoms with van der Waals surface area (Å²) in [5.74, 6) is 0.585. The minimum Gasteiger partial charge on any atom is -0.262 e. The molecule has 1 heteroatoms. The van der Waals surface area contributed by atoms with E-state index in [1.807, 2.05) is 0 Å². The van der Waals surface area contributed by atoms with E-state index >= 15 is 0 Å². The minimum atomic E-state index is 0.585. The van der Waals surface area contributed by atoms with Gasteiger partial charge in [0, 0.05) is 11.4 Å². The molecule has 0 bridgehead atoms. The summed E-state index contributed by atoms with van der Waals surface area (Å²) in [4.78, 5) is 4.71. The zero-order chi connectivity index (χ0) is 9.84. The van der Waals surface area contributed by atoms with Crippen LogP contribution in [0.4, 0.5) is 0 Å². The van der Waals surface area contributed by atoms with Gasteiger partial charge in [-0.1, -0.05) is 19.4 Å². The SMILES string of the molecule is CC1=C(/N=C(\C)C(C)C)CCCC1. The predicted molar refractivity (Wildman–Crippen MR) is 59.1 cm³/mol. The Hall–Kier alpha value is -0.590. The van der Waals surface area contributed by atoms with E-state index in [2.05, 4.69) is 27.7 Å². The van der Waals surface area contributed by atoms with Crippen LogP contribution in [0.25, 0.3) is 0 Å². The maximum atomic E-state index is 4.71. The van der Waals surface area contributed by atoms with E-state index in [4.69, 9.17) is 4.99 Å². The van der Waals surface area contributed by atoms with Crippen LogP contribution in [0, 0.1) is 5.92 Å². The molecule has 0 amide bonds. The minimum absolute atomic E-state index is 0.585. The first-order chi connectivity index (χ1) is 6.11. The van der Waals surface area contributed by atoms with Gasteiger partial charge in [-0.25, -0.2) is 0 Å². The van der Waals surface area contributed by atoms with Gasteiger partial charge in [-0.15, -0.1) is 0 Å². The molecule has 0 aliphatic heterocycles. The highest BCUT2D eigenvalue weighted by Gasteiger charge is 2.09. The van der Waals surface area contributed by atoms with Gasteiger partial charge in [-0.05, 0) is 45.4 Å². The molecular weight excluding hydrogens is 158 g/mol. The van der Waals surface area contributed by atoms with Gasteiger partial charge >= 0.3 is 0 Å². The molecule has 1 aliphatic carbocycles. The highest BCUT2D eigenvalue weighted by atomic mass is 14.8. The van der Waals surface area contributed by atoms with Crippen LogP contribution < -0.4 is 0 Å². The van der Waals surface area contributed by atoms with Crippen LogP contribution in [0.15, 0.2) is 16.3 Å². The van der Waals surface area contributed by atoms with Crippen molar-refractivity contribution in [2.24, 2.45) is 10.9 Å². The maximum absolute atomic E-state index is 4.71. The Labute approximate surface area is 82.0 Å². The molecule has 0 aromatic heterocycles. The second-order valence-corrected chi connectivity index (χ2v) is 4.34. The smallest absolute Gasteiger partial charge is 0.0392 e. The molecule has 0 unspecified atom stereocenters. The van der Waals surface area contributed by atoms with Crippen LogP contribution in [0.5, 0.6) is 0 Å². The number of hydrogen-bond acceptors (Lipinski definition) is 1. The summed E-state index contributed by atoms with van der Waals surface area (Å²) in [5, 5.41) is 0. The highest BCUT2D eigenvalue weighted by molar-refractivity contribution is 5.84. The molecule has 0 spiro atoms. The van der Waals surface area contributed by atoms with Crippen LogP contribution in [0.2, 0.25) is 0 Å². The van der Waals surface area contributed by atoms with E-state index in [1.54, 1.807) is 0 Å². The molecule has 13 heavy (non-hydrogen) atoms. The van der Waals surface area contributed by atoms with Crippen molar-refractivity contribution in [2.45, 2.75) is 53.4 Å². The quantitative estimate of drug-likeness (QED) is 0.569. The van der Waals surface area contributed by atoms with E-state index in [0.29, 0.717) is 5.92 Å². The summed E-state index contributed by atoms with van der Waals surface area (Å²) in [6.07, 6.45) is 5.12. The summed E-state index contributed by atoms with van der Waals surface area (Å²) >= 11 is 0. The van der Waals surface area contributed by atoms with Crippen molar-refractivity contribution in [3.05, 3.63) is 11.3 Å². The highest BCUT2D eigenvalue weighted by Crippen LogP contribution is 2.25. The second kappa shape index (κ2) is 4.59. The average Bonchev–Trinajstić information content (AvgIpc) is 2.08. The third kappa shape index (κ3) is 2.98. The molecule has 0 radical (unpaired) electrons. The maximum Gasteiger partial charge on any atom is 0.0392 e. The van der Waals surface area contributed by atoms with Gasteiger partial charge in [0.05, 0.1) is 0 Å². The lowest BCUT2D eigenvalue weighted by Crippen LogP contribution is -2.04. The van der Waals surface area contributed by atoms with Gasteiger partial charge in [-0.2, -0.15) is 0 Å². The van der Waals surface area contributed by atoms with Crippen molar-refractivity contribution in [1.82, 2.24) is 0 Å². The average molecular weight is 179 g/mol. The predicted octanol–water partition coefficient (Wildman–Crippen LogP) is 3.95. The fourth-order valence-corrected chi connectivity index (χ4v) is 1.53. The lowest BCUT2D eigenvalue weighted by atomic mass is 9.97. The summed E-state index contributed by atoms with van der Waals surface area (Å²) in [6.45, 7) is 8.78. The van der Waals surface area contributed by atoms with Gasteiger partial charge < -0.3 is 0 Å². The Bertz CT molecular complexity index is 234. The van der Waals surface area contributed by atoms with Gasteiger partial charge in [0.25, 0.3) is 0 Å². The molecule has 0 heterocycles. The molecule has 0 saturated carbocycles. The Balaban J connectivity index is 2.76. The molecule has 0 fully saturated rings. The van der Waals surface area contributed by atoms with Crippen molar-refractivity contribution in [1.29, 1.82) is 0 Å². The van der Waals surface area contributed by atoms with Crippen LogP contribution in [-0.4, -0.2) is 5.71 Å². The normalized spacial score (nSPS) is 19.9. The fraction of sp³-hybridized carbons (Fsp3) is 0.750. The molecular formula is C12H21N. The molecule has 1 rings (SSSR count). The summed E-state index contributed by atoms with van der Waals surface area (Å²) in [5.41, 5.74) is 4.14. The second-order valence-electron chi connectivity index (χ2n) is 4.34. The number of rotatable bonds is 2. The Morgan fingerprint density at radius 3 is 2.38 bits per heavy atom. The lowest BCUT2D eigenvalue weighted by molar-refractivity contribution is 0.665. The first-order valence-corrected chi connectivity index (χ1v) is 5.35. The molecule has 0 aromatic carbocycles. The van der Waals surface area contributed by atoms with Gasteiger partial charge in [0.1, 0.15) is 0 Å². The zero-order valence-electron chi connectivity index (χ0n) is 9.35. The van der Waals surface area contributed by atoms with Gasteiger partial charge in [0.2, 0.25) is 0 Å². The third-order valence-electron chi connectivity index (χ3n) is 2.85. The van der Waals surface area contributed by atoms with Crippen molar-refractivity contribution in [3.8, 4) is 0 Å². The number of nitrogens with zero attached hydrogens (tertiary/aromatic N) is 1. The first-order valence-electron chi connectivity index (χ1n) is 5.35. The monoisotopic (exact) mass is 179 g/mol. The Morgan fingerprint density at radius 2 is 1.85 bits per heavy atom. The fourth-order valence-electron chi connectivity index (χ4n) is 1.53. The topological polar surface area (TPSA) is 12.4 Å². The molecule has 0 atom stereocenters. The number of allylic oxidation sites excluding steroid dienone is 2. The van der Waals surface area contributed by atoms with Gasteiger partial charge in [0.15, 0.2) is 0 Å².